The van der Waals surface area contributed by atoms with Gasteiger partial charge in [-0.1, -0.05) is 62.9 Å². The number of nitrogens with one attached hydrogen (secondary N) is 2. The molecule has 8 rings (SSSR count). The van der Waals surface area contributed by atoms with Crippen molar-refractivity contribution in [3.63, 3.8) is 0 Å². The Balaban J connectivity index is 0.669. The highest BCUT2D eigenvalue weighted by Gasteiger charge is 2.66. The van der Waals surface area contributed by atoms with Crippen LogP contribution >= 0.6 is 0 Å². The van der Waals surface area contributed by atoms with Gasteiger partial charge in [0.2, 0.25) is 17.7 Å². The van der Waals surface area contributed by atoms with Crippen molar-refractivity contribution < 1.29 is 42.9 Å². The van der Waals surface area contributed by atoms with Crippen LogP contribution in [0.15, 0.2) is 53.8 Å². The third-order valence-corrected chi connectivity index (χ3v) is 17.7. The van der Waals surface area contributed by atoms with Crippen LogP contribution in [0.4, 0.5) is 0 Å². The predicted octanol–water partition coefficient (Wildman–Crippen LogP) is 6.59. The summed E-state index contributed by atoms with van der Waals surface area (Å²) in [6.07, 6.45) is 20.0. The molecule has 1 saturated heterocycles. The highest BCUT2D eigenvalue weighted by Crippen LogP contribution is 2.70. The molecule has 4 N–H and O–H groups in total. The number of allylic oxidation sites excluding steroid dienone is 2. The number of fused-ring (bicyclic) bond motifs is 5. The maximum atomic E-state index is 13.4. The molecule has 14 heteroatoms. The zero-order valence-electron chi connectivity index (χ0n) is 41.6. The SMILES string of the molecule is C=Cc1cc(C2CCC3C2(C)CCC2C4(C)CCC(N(C)C(=O)CCOCCOCCOCCOCCNC5=CCCC6=C5C(=O)N(C5CCC(=O)NC5=O)C6=O)CC4CCC23N)ccc1/C=C\C. The van der Waals surface area contributed by atoms with E-state index in [0.717, 1.165) is 37.0 Å². The lowest BCUT2D eigenvalue weighted by molar-refractivity contribution is -0.150. The van der Waals surface area contributed by atoms with Crippen LogP contribution in [0.25, 0.3) is 12.2 Å². The lowest BCUT2D eigenvalue weighted by Gasteiger charge is -2.66. The first-order valence-electron chi connectivity index (χ1n) is 25.9. The third-order valence-electron chi connectivity index (χ3n) is 17.7. The Hall–Kier alpha value is -4.47. The van der Waals surface area contributed by atoms with Crippen LogP contribution in [0.1, 0.15) is 133 Å². The molecule has 4 saturated carbocycles. The standard InChI is InChI=1S/C55H77N5O9/c1-6-9-37-12-13-38(34-36(37)7-2)42-14-16-45-54(42,4)23-20-46-53(3)22-19-40(35-39(53)18-24-55(45,46)56)59(5)48(62)21-26-66-28-30-68-32-33-69-31-29-67-27-25-57-43-11-8-10-41-49(43)52(65)60(51(41)64)44-15-17-47(61)58-50(44)63/h6-7,9,11-13,34,39-40,42,44-46,57H,2,8,10,14-33,35,56H2,1,3-5H3,(H,58,61,63)/b9-6-. The molecule has 5 fully saturated rings. The Morgan fingerprint density at radius 3 is 2.26 bits per heavy atom. The van der Waals surface area contributed by atoms with Crippen molar-refractivity contribution in [1.82, 2.24) is 20.4 Å². The number of ether oxygens (including phenoxy) is 4. The normalized spacial score (nSPS) is 32.1. The number of piperidine rings is 1. The zero-order valence-corrected chi connectivity index (χ0v) is 41.6. The number of hydrogen-bond donors (Lipinski definition) is 3. The smallest absolute Gasteiger partial charge is 0.264 e. The van der Waals surface area contributed by atoms with Crippen LogP contribution in [0.2, 0.25) is 0 Å². The van der Waals surface area contributed by atoms with Crippen molar-refractivity contribution in [1.29, 1.82) is 0 Å². The molecule has 14 nitrogen and oxygen atoms in total. The average molecular weight is 952 g/mol. The van der Waals surface area contributed by atoms with Crippen LogP contribution < -0.4 is 16.4 Å². The Morgan fingerprint density at radius 2 is 1.55 bits per heavy atom. The van der Waals surface area contributed by atoms with Crippen molar-refractivity contribution in [3.05, 3.63) is 70.5 Å². The van der Waals surface area contributed by atoms with Gasteiger partial charge >= 0.3 is 0 Å². The van der Waals surface area contributed by atoms with Crippen molar-refractivity contribution in [3.8, 4) is 0 Å². The highest BCUT2D eigenvalue weighted by molar-refractivity contribution is 6.23. The van der Waals surface area contributed by atoms with Crippen LogP contribution in [0.3, 0.4) is 0 Å². The summed E-state index contributed by atoms with van der Waals surface area (Å²) in [4.78, 5) is 66.8. The van der Waals surface area contributed by atoms with E-state index in [1.54, 1.807) is 0 Å². The molecule has 0 aromatic heterocycles. The molecule has 2 heterocycles. The molecular weight excluding hydrogens is 875 g/mol. The molecular formula is C55H77N5O9. The number of hydrogen-bond acceptors (Lipinski definition) is 11. The molecule has 2 aliphatic heterocycles. The van der Waals surface area contributed by atoms with Crippen LogP contribution in [-0.4, -0.2) is 123 Å². The van der Waals surface area contributed by atoms with Crippen molar-refractivity contribution in [2.45, 2.75) is 134 Å². The number of imide groups is 2. The van der Waals surface area contributed by atoms with Gasteiger partial charge < -0.3 is 34.9 Å². The van der Waals surface area contributed by atoms with E-state index in [1.165, 1.54) is 42.4 Å². The molecule has 7 aliphatic rings. The van der Waals surface area contributed by atoms with E-state index in [2.05, 4.69) is 68.3 Å². The molecule has 9 atom stereocenters. The number of nitrogens with two attached hydrogens (primary N) is 1. The highest BCUT2D eigenvalue weighted by atomic mass is 16.6. The molecule has 0 spiro atoms. The van der Waals surface area contributed by atoms with Gasteiger partial charge in [-0.05, 0) is 135 Å². The maximum absolute atomic E-state index is 13.4. The number of rotatable bonds is 21. The van der Waals surface area contributed by atoms with Gasteiger partial charge in [0.25, 0.3) is 11.8 Å². The summed E-state index contributed by atoms with van der Waals surface area (Å²) in [7, 11) is 1.98. The van der Waals surface area contributed by atoms with Gasteiger partial charge in [-0.25, -0.2) is 0 Å². The fraction of sp³-hybridized carbons (Fsp3) is 0.655. The van der Waals surface area contributed by atoms with Crippen LogP contribution in [0.5, 0.6) is 0 Å². The number of amides is 5. The Morgan fingerprint density at radius 1 is 0.855 bits per heavy atom. The molecule has 5 aliphatic carbocycles. The second kappa shape index (κ2) is 21.9. The number of benzene rings is 1. The van der Waals surface area contributed by atoms with E-state index >= 15 is 0 Å². The van der Waals surface area contributed by atoms with Gasteiger partial charge in [-0.15, -0.1) is 0 Å². The fourth-order valence-electron chi connectivity index (χ4n) is 14.2. The molecule has 1 aromatic carbocycles. The van der Waals surface area contributed by atoms with Crippen molar-refractivity contribution in [2.24, 2.45) is 34.3 Å². The molecule has 9 unspecified atom stereocenters. The quantitative estimate of drug-likeness (QED) is 0.0895. The molecule has 376 valence electrons. The van der Waals surface area contributed by atoms with E-state index in [1.807, 2.05) is 24.1 Å². The first-order valence-corrected chi connectivity index (χ1v) is 25.9. The van der Waals surface area contributed by atoms with E-state index in [0.29, 0.717) is 119 Å². The summed E-state index contributed by atoms with van der Waals surface area (Å²) in [6.45, 7) is 14.8. The van der Waals surface area contributed by atoms with E-state index < -0.39 is 29.7 Å². The van der Waals surface area contributed by atoms with Crippen LogP contribution in [0, 0.1) is 28.6 Å². The largest absolute Gasteiger partial charge is 0.382 e. The van der Waals surface area contributed by atoms with Gasteiger partial charge in [0.05, 0.1) is 64.8 Å². The van der Waals surface area contributed by atoms with E-state index in [9.17, 15) is 24.0 Å². The number of carbonyl (C=O) groups excluding carboxylic acids is 5. The first-order chi connectivity index (χ1) is 33.2. The molecule has 69 heavy (non-hydrogen) atoms. The fourth-order valence-corrected chi connectivity index (χ4v) is 14.2. The third kappa shape index (κ3) is 10.2. The van der Waals surface area contributed by atoms with Gasteiger partial charge in [-0.2, -0.15) is 0 Å². The van der Waals surface area contributed by atoms with E-state index in [-0.39, 0.29) is 41.2 Å². The van der Waals surface area contributed by atoms with Crippen molar-refractivity contribution in [2.75, 3.05) is 66.4 Å². The molecule has 0 radical (unpaired) electrons. The predicted molar refractivity (Wildman–Crippen MR) is 264 cm³/mol. The van der Waals surface area contributed by atoms with Crippen LogP contribution in [-0.2, 0) is 42.9 Å². The minimum Gasteiger partial charge on any atom is -0.382 e. The summed E-state index contributed by atoms with van der Waals surface area (Å²) in [5, 5.41) is 5.44. The molecule has 1 aromatic rings. The zero-order chi connectivity index (χ0) is 48.9. The average Bonchev–Trinajstić information content (AvgIpc) is 3.83. The lowest BCUT2D eigenvalue weighted by Crippen LogP contribution is -2.68. The molecule has 0 bridgehead atoms. The first kappa shape index (κ1) is 50.9. The Kier molecular flexibility index (Phi) is 16.1. The van der Waals surface area contributed by atoms with Gasteiger partial charge in [0.1, 0.15) is 6.04 Å². The van der Waals surface area contributed by atoms with E-state index in [4.69, 9.17) is 24.7 Å². The summed E-state index contributed by atoms with van der Waals surface area (Å²) < 4.78 is 22.8. The van der Waals surface area contributed by atoms with Gasteiger partial charge in [0, 0.05) is 42.9 Å². The minimum atomic E-state index is -0.982. The van der Waals surface area contributed by atoms with Gasteiger partial charge in [0.15, 0.2) is 0 Å². The van der Waals surface area contributed by atoms with Gasteiger partial charge in [-0.3, -0.25) is 34.2 Å². The second-order valence-corrected chi connectivity index (χ2v) is 21.2. The summed E-state index contributed by atoms with van der Waals surface area (Å²) >= 11 is 0. The monoisotopic (exact) mass is 952 g/mol. The number of nitrogens with zero attached hydrogens (tertiary/aromatic N) is 2. The Labute approximate surface area is 409 Å². The lowest BCUT2D eigenvalue weighted by atomic mass is 9.41. The summed E-state index contributed by atoms with van der Waals surface area (Å²) in [5.74, 6) is 0.277. The topological polar surface area (TPSA) is 179 Å². The molecule has 5 amide bonds. The maximum Gasteiger partial charge on any atom is 0.264 e. The second-order valence-electron chi connectivity index (χ2n) is 21.2. The summed E-state index contributed by atoms with van der Waals surface area (Å²) in [5.41, 5.74) is 13.2. The number of carbonyl (C=O) groups is 5. The Bertz CT molecular complexity index is 2220. The minimum absolute atomic E-state index is 0.0820. The summed E-state index contributed by atoms with van der Waals surface area (Å²) in [6, 6.07) is 6.29. The van der Waals surface area contributed by atoms with Crippen molar-refractivity contribution >= 4 is 41.7 Å².